The number of hydrogen-bond donors (Lipinski definition) is 0. The van der Waals surface area contributed by atoms with Crippen molar-refractivity contribution < 1.29 is 17.7 Å². The van der Waals surface area contributed by atoms with Gasteiger partial charge in [0, 0.05) is 23.6 Å². The first-order chi connectivity index (χ1) is 12.0. The fourth-order valence-electron chi connectivity index (χ4n) is 2.43. The Bertz CT molecular complexity index is 959. The molecule has 0 aliphatic heterocycles. The first kappa shape index (κ1) is 17.5. The third kappa shape index (κ3) is 3.40. The summed E-state index contributed by atoms with van der Waals surface area (Å²) in [6, 6.07) is 10.3. The van der Waals surface area contributed by atoms with E-state index in [1.54, 1.807) is 55.8 Å². The number of aryl methyl sites for hydroxylation is 1. The number of rotatable bonds is 6. The van der Waals surface area contributed by atoms with E-state index in [1.807, 2.05) is 6.92 Å². The van der Waals surface area contributed by atoms with Gasteiger partial charge in [-0.2, -0.15) is 0 Å². The minimum absolute atomic E-state index is 0.259. The van der Waals surface area contributed by atoms with Crippen molar-refractivity contribution in [3.63, 3.8) is 0 Å². The van der Waals surface area contributed by atoms with Gasteiger partial charge in [0.2, 0.25) is 0 Å². The lowest BCUT2D eigenvalue weighted by Crippen LogP contribution is -2.30. The largest absolute Gasteiger partial charge is 0.497 e. The number of nitrogens with zero attached hydrogens (tertiary/aromatic N) is 2. The summed E-state index contributed by atoms with van der Waals surface area (Å²) in [7, 11) is -2.08. The summed E-state index contributed by atoms with van der Waals surface area (Å²) in [6.07, 6.45) is 0. The number of hydrogen-bond acceptors (Lipinski definition) is 6. The van der Waals surface area contributed by atoms with E-state index in [2.05, 4.69) is 5.16 Å². The molecule has 0 saturated heterocycles. The lowest BCUT2D eigenvalue weighted by atomic mass is 10.2. The van der Waals surface area contributed by atoms with Crippen molar-refractivity contribution in [2.24, 2.45) is 0 Å². The molecular weight excluding hydrogens is 360 g/mol. The second kappa shape index (κ2) is 6.89. The molecule has 0 N–H and O–H groups in total. The summed E-state index contributed by atoms with van der Waals surface area (Å²) in [5, 5.41) is 5.60. The smallest absolute Gasteiger partial charge is 0.273 e. The van der Waals surface area contributed by atoms with Crippen LogP contribution in [0.5, 0.6) is 5.75 Å². The summed E-state index contributed by atoms with van der Waals surface area (Å²) in [4.78, 5) is 0. The van der Waals surface area contributed by atoms with Gasteiger partial charge < -0.3 is 9.26 Å². The van der Waals surface area contributed by atoms with Crippen LogP contribution in [-0.2, 0) is 10.0 Å². The Morgan fingerprint density at radius 1 is 1.24 bits per heavy atom. The number of sulfonamides is 1. The lowest BCUT2D eigenvalue weighted by Gasteiger charge is -2.22. The molecule has 8 heteroatoms. The molecule has 1 aromatic carbocycles. The van der Waals surface area contributed by atoms with Gasteiger partial charge in [0.1, 0.15) is 9.96 Å². The summed E-state index contributed by atoms with van der Waals surface area (Å²) >= 11 is 1.16. The molecule has 0 fully saturated rings. The summed E-state index contributed by atoms with van der Waals surface area (Å²) in [5.41, 5.74) is 2.04. The average molecular weight is 378 g/mol. The molecule has 3 aromatic rings. The molecule has 2 aromatic heterocycles. The fourth-order valence-corrected chi connectivity index (χ4v) is 5.18. The number of aromatic nitrogens is 1. The molecule has 2 heterocycles. The van der Waals surface area contributed by atoms with Crippen molar-refractivity contribution in [1.82, 2.24) is 5.16 Å². The summed E-state index contributed by atoms with van der Waals surface area (Å²) in [5.74, 6) is 1.24. The molecule has 6 nitrogen and oxygen atoms in total. The minimum atomic E-state index is -3.66. The quantitative estimate of drug-likeness (QED) is 0.650. The van der Waals surface area contributed by atoms with Crippen LogP contribution in [0.25, 0.3) is 11.3 Å². The monoisotopic (exact) mass is 378 g/mol. The van der Waals surface area contributed by atoms with Crippen molar-refractivity contribution in [1.29, 1.82) is 0 Å². The number of anilines is 1. The molecule has 0 amide bonds. The van der Waals surface area contributed by atoms with Gasteiger partial charge in [0.15, 0.2) is 5.76 Å². The van der Waals surface area contributed by atoms with Gasteiger partial charge in [-0.1, -0.05) is 5.16 Å². The number of ether oxygens (including phenoxy) is 1. The molecule has 0 saturated carbocycles. The Hall–Kier alpha value is -2.32. The van der Waals surface area contributed by atoms with Crippen molar-refractivity contribution in [3.05, 3.63) is 47.5 Å². The zero-order valence-electron chi connectivity index (χ0n) is 14.1. The topological polar surface area (TPSA) is 72.6 Å². The highest BCUT2D eigenvalue weighted by molar-refractivity contribution is 7.94. The van der Waals surface area contributed by atoms with Crippen LogP contribution >= 0.6 is 11.3 Å². The van der Waals surface area contributed by atoms with Gasteiger partial charge in [0.25, 0.3) is 10.0 Å². The van der Waals surface area contributed by atoms with Crippen LogP contribution in [0.4, 0.5) is 5.69 Å². The predicted molar refractivity (Wildman–Crippen MR) is 97.8 cm³/mol. The molecule has 0 unspecified atom stereocenters. The van der Waals surface area contributed by atoms with E-state index < -0.39 is 10.0 Å². The molecule has 25 heavy (non-hydrogen) atoms. The van der Waals surface area contributed by atoms with Gasteiger partial charge in [-0.15, -0.1) is 11.3 Å². The highest BCUT2D eigenvalue weighted by atomic mass is 32.2. The van der Waals surface area contributed by atoms with E-state index in [0.29, 0.717) is 29.3 Å². The fraction of sp³-hybridized carbons (Fsp3) is 0.235. The molecule has 0 atom stereocenters. The molecule has 0 aliphatic rings. The van der Waals surface area contributed by atoms with Gasteiger partial charge >= 0.3 is 0 Å². The van der Waals surface area contributed by atoms with Crippen molar-refractivity contribution in [3.8, 4) is 17.1 Å². The Labute approximate surface area is 150 Å². The van der Waals surface area contributed by atoms with Gasteiger partial charge in [0.05, 0.1) is 18.5 Å². The molecular formula is C17H18N2O4S2. The Balaban J connectivity index is 1.94. The Morgan fingerprint density at radius 3 is 2.52 bits per heavy atom. The van der Waals surface area contributed by atoms with Crippen LogP contribution in [0.3, 0.4) is 0 Å². The van der Waals surface area contributed by atoms with Crippen LogP contribution in [-0.4, -0.2) is 27.2 Å². The van der Waals surface area contributed by atoms with E-state index in [9.17, 15) is 8.42 Å². The first-order valence-corrected chi connectivity index (χ1v) is 9.96. The third-order valence-electron chi connectivity index (χ3n) is 3.68. The molecule has 132 valence electrons. The number of thiophene rings is 1. The molecule has 0 spiro atoms. The molecule has 3 rings (SSSR count). The van der Waals surface area contributed by atoms with Gasteiger partial charge in [-0.05, 0) is 44.2 Å². The number of methoxy groups -OCH3 is 1. The van der Waals surface area contributed by atoms with Crippen LogP contribution < -0.4 is 9.04 Å². The highest BCUT2D eigenvalue weighted by Crippen LogP contribution is 2.33. The predicted octanol–water partition coefficient (Wildman–Crippen LogP) is 3.94. The number of benzene rings is 1. The van der Waals surface area contributed by atoms with Crippen LogP contribution in [0.15, 0.2) is 50.5 Å². The SMILES string of the molecule is CCN(c1ccc(OC)cc1)S(=O)(=O)c1cc(-c2cc(C)no2)cs1. The molecule has 0 aliphatic carbocycles. The highest BCUT2D eigenvalue weighted by Gasteiger charge is 2.26. The first-order valence-electron chi connectivity index (χ1n) is 7.64. The van der Waals surface area contributed by atoms with E-state index in [-0.39, 0.29) is 4.21 Å². The zero-order chi connectivity index (χ0) is 18.0. The van der Waals surface area contributed by atoms with Crippen LogP contribution in [0.1, 0.15) is 12.6 Å². The van der Waals surface area contributed by atoms with Gasteiger partial charge in [-0.25, -0.2) is 8.42 Å². The maximum atomic E-state index is 13.0. The van der Waals surface area contributed by atoms with E-state index in [4.69, 9.17) is 9.26 Å². The standard InChI is InChI=1S/C17H18N2O4S2/c1-4-19(14-5-7-15(22-3)8-6-14)25(20,21)17-10-13(11-24-17)16-9-12(2)18-23-16/h5-11H,4H2,1-3H3. The van der Waals surface area contributed by atoms with Crippen molar-refractivity contribution >= 4 is 27.0 Å². The van der Waals surface area contributed by atoms with Crippen molar-refractivity contribution in [2.45, 2.75) is 18.1 Å². The average Bonchev–Trinajstić information content (AvgIpc) is 3.25. The minimum Gasteiger partial charge on any atom is -0.497 e. The second-order valence-corrected chi connectivity index (χ2v) is 8.36. The third-order valence-corrected chi connectivity index (χ3v) is 7.00. The van der Waals surface area contributed by atoms with Crippen LogP contribution in [0.2, 0.25) is 0 Å². The Morgan fingerprint density at radius 2 is 1.96 bits per heavy atom. The van der Waals surface area contributed by atoms with E-state index in [1.165, 1.54) is 4.31 Å². The van der Waals surface area contributed by atoms with Crippen molar-refractivity contribution in [2.75, 3.05) is 18.0 Å². The normalized spacial score (nSPS) is 11.5. The summed E-state index contributed by atoms with van der Waals surface area (Å²) < 4.78 is 38.0. The second-order valence-electron chi connectivity index (χ2n) is 5.35. The Kier molecular flexibility index (Phi) is 4.82. The molecule has 0 bridgehead atoms. The maximum Gasteiger partial charge on any atom is 0.273 e. The lowest BCUT2D eigenvalue weighted by molar-refractivity contribution is 0.415. The van der Waals surface area contributed by atoms with Crippen LogP contribution in [0, 0.1) is 6.92 Å². The molecule has 0 radical (unpaired) electrons. The maximum absolute atomic E-state index is 13.0. The zero-order valence-corrected chi connectivity index (χ0v) is 15.7. The van der Waals surface area contributed by atoms with E-state index >= 15 is 0 Å². The van der Waals surface area contributed by atoms with E-state index in [0.717, 1.165) is 17.0 Å². The van der Waals surface area contributed by atoms with Gasteiger partial charge in [-0.3, -0.25) is 4.31 Å². The summed E-state index contributed by atoms with van der Waals surface area (Å²) in [6.45, 7) is 3.94.